The quantitative estimate of drug-likeness (QED) is 0.179. The van der Waals surface area contributed by atoms with E-state index in [0.717, 1.165) is 39.3 Å². The number of nitro benzene ring substituents is 1. The molecule has 0 amide bonds. The summed E-state index contributed by atoms with van der Waals surface area (Å²) in [6, 6.07) is 17.1. The highest BCUT2D eigenvalue weighted by atomic mass is 35.5. The summed E-state index contributed by atoms with van der Waals surface area (Å²) < 4.78 is 14.0. The molecule has 0 fully saturated rings. The Labute approximate surface area is 246 Å². The molecule has 1 aliphatic heterocycles. The molecule has 0 aromatic heterocycles. The van der Waals surface area contributed by atoms with Crippen molar-refractivity contribution in [1.82, 2.24) is 0 Å². The third kappa shape index (κ3) is 5.33. The highest BCUT2D eigenvalue weighted by molar-refractivity contribution is 7.98. The van der Waals surface area contributed by atoms with Gasteiger partial charge in [0.15, 0.2) is 5.78 Å². The number of Topliss-reactive ketones (excluding diaryl/α,β-unsaturated/α-hetero) is 1. The highest BCUT2D eigenvalue weighted by Gasteiger charge is 2.42. The lowest BCUT2D eigenvalue weighted by Crippen LogP contribution is -2.39. The van der Waals surface area contributed by atoms with Crippen LogP contribution in [0.5, 0.6) is 0 Å². The fourth-order valence-corrected chi connectivity index (χ4v) is 6.67. The number of nitrogens with zero attached hydrogens (tertiary/aromatic N) is 3. The predicted molar refractivity (Wildman–Crippen MR) is 158 cm³/mol. The minimum absolute atomic E-state index is 0.00211. The van der Waals surface area contributed by atoms with Crippen LogP contribution in [-0.4, -0.2) is 10.7 Å². The maximum Gasteiger partial charge on any atom is 0.296 e. The molecule has 0 bridgehead atoms. The molecule has 7 nitrogen and oxygen atoms in total. The molecule has 1 atom stereocenters. The Morgan fingerprint density at radius 1 is 1.15 bits per heavy atom. The van der Waals surface area contributed by atoms with Gasteiger partial charge in [0.1, 0.15) is 17.3 Å². The number of hydrogen-bond donors (Lipinski definition) is 1. The molecule has 2 aliphatic rings. The molecule has 5 rings (SSSR count). The number of ketones is 1. The summed E-state index contributed by atoms with van der Waals surface area (Å²) in [6.07, 6.45) is 1.24. The van der Waals surface area contributed by atoms with E-state index < -0.39 is 22.3 Å². The maximum atomic E-state index is 14.0. The van der Waals surface area contributed by atoms with Crippen LogP contribution < -0.4 is 10.6 Å². The molecule has 3 aromatic carbocycles. The topological polar surface area (TPSA) is 113 Å². The van der Waals surface area contributed by atoms with E-state index >= 15 is 0 Å². The van der Waals surface area contributed by atoms with Crippen LogP contribution >= 0.6 is 23.4 Å². The standard InChI is InChI=1S/C31H26ClFN4O3S/c1-17-12-18(2)23(13-19(17)16-41-22-9-6-20(32)7-10-22)29-24(15-34)31(35)36(26-4-3-5-28(38)30(26)29)25-11-8-21(33)14-27(25)37(39)40/h6-14,29H,3-5,16,35H2,1-2H3. The van der Waals surface area contributed by atoms with Gasteiger partial charge in [-0.3, -0.25) is 19.8 Å². The van der Waals surface area contributed by atoms with Crippen molar-refractivity contribution in [3.8, 4) is 6.07 Å². The van der Waals surface area contributed by atoms with Gasteiger partial charge in [-0.2, -0.15) is 5.26 Å². The van der Waals surface area contributed by atoms with Crippen LogP contribution in [0.25, 0.3) is 0 Å². The Hall–Kier alpha value is -4.13. The van der Waals surface area contributed by atoms with E-state index in [0.29, 0.717) is 34.9 Å². The Bertz CT molecular complexity index is 1690. The van der Waals surface area contributed by atoms with Gasteiger partial charge in [0.05, 0.1) is 28.5 Å². The van der Waals surface area contributed by atoms with Crippen molar-refractivity contribution in [2.75, 3.05) is 4.90 Å². The van der Waals surface area contributed by atoms with Crippen molar-refractivity contribution in [2.45, 2.75) is 49.7 Å². The zero-order valence-electron chi connectivity index (χ0n) is 22.4. The fourth-order valence-electron chi connectivity index (χ4n) is 5.58. The summed E-state index contributed by atoms with van der Waals surface area (Å²) >= 11 is 7.68. The number of anilines is 1. The van der Waals surface area contributed by atoms with Crippen molar-refractivity contribution < 1.29 is 14.1 Å². The lowest BCUT2D eigenvalue weighted by atomic mass is 9.74. The number of allylic oxidation sites excluding steroid dienone is 3. The zero-order chi connectivity index (χ0) is 29.4. The van der Waals surface area contributed by atoms with Crippen molar-refractivity contribution in [3.63, 3.8) is 0 Å². The van der Waals surface area contributed by atoms with E-state index in [1.165, 1.54) is 11.0 Å². The van der Waals surface area contributed by atoms with E-state index in [4.69, 9.17) is 17.3 Å². The average molecular weight is 589 g/mol. The third-order valence-electron chi connectivity index (χ3n) is 7.53. The lowest BCUT2D eigenvalue weighted by molar-refractivity contribution is -0.384. The summed E-state index contributed by atoms with van der Waals surface area (Å²) in [5.74, 6) is -0.978. The van der Waals surface area contributed by atoms with Gasteiger partial charge in [0.25, 0.3) is 5.69 Å². The third-order valence-corrected chi connectivity index (χ3v) is 8.84. The Morgan fingerprint density at radius 2 is 1.88 bits per heavy atom. The predicted octanol–water partition coefficient (Wildman–Crippen LogP) is 7.60. The maximum absolute atomic E-state index is 14.0. The van der Waals surface area contributed by atoms with Crippen LogP contribution in [0.3, 0.4) is 0 Å². The first-order valence-electron chi connectivity index (χ1n) is 13.0. The van der Waals surface area contributed by atoms with Gasteiger partial charge in [-0.05, 0) is 85.3 Å². The molecule has 1 unspecified atom stereocenters. The SMILES string of the molecule is Cc1cc(C)c(C2C(C#N)=C(N)N(c3ccc(F)cc3[N+](=O)[O-])C3=C2C(=O)CCC3)cc1CSc1ccc(Cl)cc1. The van der Waals surface area contributed by atoms with Crippen LogP contribution in [0.1, 0.15) is 47.4 Å². The fraction of sp³-hybridized carbons (Fsp3) is 0.226. The van der Waals surface area contributed by atoms with E-state index in [-0.39, 0.29) is 29.3 Å². The largest absolute Gasteiger partial charge is 0.384 e. The normalized spacial score (nSPS) is 17.0. The average Bonchev–Trinajstić information content (AvgIpc) is 2.93. The minimum Gasteiger partial charge on any atom is -0.384 e. The molecule has 0 spiro atoms. The molecule has 208 valence electrons. The van der Waals surface area contributed by atoms with Crippen LogP contribution in [0.4, 0.5) is 15.8 Å². The van der Waals surface area contributed by atoms with Crippen LogP contribution in [0.15, 0.2) is 82.2 Å². The van der Waals surface area contributed by atoms with Crippen LogP contribution in [-0.2, 0) is 10.5 Å². The smallest absolute Gasteiger partial charge is 0.296 e. The van der Waals surface area contributed by atoms with Gasteiger partial charge in [0, 0.05) is 33.4 Å². The molecule has 1 aliphatic carbocycles. The van der Waals surface area contributed by atoms with Crippen molar-refractivity contribution in [3.05, 3.63) is 120 Å². The molecule has 2 N–H and O–H groups in total. The highest BCUT2D eigenvalue weighted by Crippen LogP contribution is 2.49. The van der Waals surface area contributed by atoms with E-state index in [9.17, 15) is 24.6 Å². The summed E-state index contributed by atoms with van der Waals surface area (Å²) in [5.41, 5.74) is 11.0. The summed E-state index contributed by atoms with van der Waals surface area (Å²) in [4.78, 5) is 27.2. The zero-order valence-corrected chi connectivity index (χ0v) is 24.0. The molecule has 0 saturated heterocycles. The summed E-state index contributed by atoms with van der Waals surface area (Å²) in [5, 5.41) is 22.9. The molecule has 10 heteroatoms. The van der Waals surface area contributed by atoms with Gasteiger partial charge in [-0.25, -0.2) is 4.39 Å². The molecular formula is C31H26ClFN4O3S. The Balaban J connectivity index is 1.66. The first kappa shape index (κ1) is 28.4. The second kappa shape index (κ2) is 11.4. The number of carbonyl (C=O) groups is 1. The van der Waals surface area contributed by atoms with E-state index in [1.807, 2.05) is 50.2 Å². The molecule has 3 aromatic rings. The second-order valence-electron chi connectivity index (χ2n) is 10.1. The van der Waals surface area contributed by atoms with E-state index in [2.05, 4.69) is 6.07 Å². The number of aryl methyl sites for hydroxylation is 2. The Kier molecular flexibility index (Phi) is 7.89. The number of nitro groups is 1. The first-order chi connectivity index (χ1) is 19.6. The number of nitriles is 1. The summed E-state index contributed by atoms with van der Waals surface area (Å²) in [7, 11) is 0. The lowest BCUT2D eigenvalue weighted by Gasteiger charge is -2.39. The molecule has 0 saturated carbocycles. The summed E-state index contributed by atoms with van der Waals surface area (Å²) in [6.45, 7) is 3.96. The van der Waals surface area contributed by atoms with Crippen molar-refractivity contribution in [1.29, 1.82) is 5.26 Å². The number of rotatable bonds is 6. The monoisotopic (exact) mass is 588 g/mol. The molecule has 1 heterocycles. The van der Waals surface area contributed by atoms with E-state index in [1.54, 1.807) is 11.8 Å². The number of nitrogens with two attached hydrogens (primary N) is 1. The molecule has 0 radical (unpaired) electrons. The van der Waals surface area contributed by atoms with Gasteiger partial charge < -0.3 is 5.73 Å². The van der Waals surface area contributed by atoms with Gasteiger partial charge >= 0.3 is 0 Å². The number of benzene rings is 3. The second-order valence-corrected chi connectivity index (χ2v) is 11.6. The number of hydrogen-bond acceptors (Lipinski definition) is 7. The van der Waals surface area contributed by atoms with Gasteiger partial charge in [-0.1, -0.05) is 23.7 Å². The number of thioether (sulfide) groups is 1. The number of halogens is 2. The van der Waals surface area contributed by atoms with Gasteiger partial charge in [0.2, 0.25) is 0 Å². The van der Waals surface area contributed by atoms with Gasteiger partial charge in [-0.15, -0.1) is 11.8 Å². The Morgan fingerprint density at radius 3 is 2.56 bits per heavy atom. The molecule has 41 heavy (non-hydrogen) atoms. The number of carbonyl (C=O) groups excluding carboxylic acids is 1. The van der Waals surface area contributed by atoms with Crippen molar-refractivity contribution in [2.24, 2.45) is 5.73 Å². The molecular weight excluding hydrogens is 563 g/mol. The first-order valence-corrected chi connectivity index (χ1v) is 14.4. The van der Waals surface area contributed by atoms with Crippen molar-refractivity contribution >= 4 is 40.5 Å². The van der Waals surface area contributed by atoms with Crippen LogP contribution in [0.2, 0.25) is 5.02 Å². The minimum atomic E-state index is -0.772. The van der Waals surface area contributed by atoms with Crippen LogP contribution in [0, 0.1) is 41.1 Å².